The van der Waals surface area contributed by atoms with E-state index in [4.69, 9.17) is 5.73 Å². The molecule has 3 N–H and O–H groups in total. The third kappa shape index (κ3) is 2.65. The molecule has 1 heterocycles. The zero-order valence-electron chi connectivity index (χ0n) is 12.7. The van der Waals surface area contributed by atoms with Gasteiger partial charge in [0, 0.05) is 19.8 Å². The van der Waals surface area contributed by atoms with Gasteiger partial charge in [0.05, 0.1) is 11.4 Å². The van der Waals surface area contributed by atoms with Crippen LogP contribution in [0.5, 0.6) is 5.88 Å². The van der Waals surface area contributed by atoms with Gasteiger partial charge in [-0.15, -0.1) is 0 Å². The van der Waals surface area contributed by atoms with Crippen LogP contribution in [0.15, 0.2) is 38.8 Å². The van der Waals surface area contributed by atoms with Crippen LogP contribution in [0, 0.1) is 0 Å². The number of nitrogens with two attached hydrogens (primary N) is 1. The number of aromatic hydroxyl groups is 1. The topological polar surface area (TPSA) is 103 Å². The Morgan fingerprint density at radius 2 is 1.95 bits per heavy atom. The van der Waals surface area contributed by atoms with Gasteiger partial charge < -0.3 is 10.8 Å². The first-order chi connectivity index (χ1) is 10.4. The fraction of sp³-hybridized carbons (Fsp3) is 0.267. The predicted octanol–water partition coefficient (Wildman–Crippen LogP) is 0.903. The van der Waals surface area contributed by atoms with Crippen molar-refractivity contribution in [1.29, 1.82) is 0 Å². The van der Waals surface area contributed by atoms with Crippen molar-refractivity contribution in [2.75, 3.05) is 5.73 Å². The van der Waals surface area contributed by atoms with E-state index in [1.165, 1.54) is 14.1 Å². The normalized spacial score (nSPS) is 11.7. The average Bonchev–Trinajstić information content (AvgIpc) is 2.50. The lowest BCUT2D eigenvalue weighted by molar-refractivity contribution is 0.410. The highest BCUT2D eigenvalue weighted by Crippen LogP contribution is 2.20. The van der Waals surface area contributed by atoms with Crippen molar-refractivity contribution in [3.63, 3.8) is 0 Å². The molecule has 7 nitrogen and oxygen atoms in total. The van der Waals surface area contributed by atoms with Gasteiger partial charge in [0.1, 0.15) is 5.56 Å². The summed E-state index contributed by atoms with van der Waals surface area (Å²) < 4.78 is 1.96. The standard InChI is InChI=1S/C15H18N4O3/c1-4-11(17-10-7-5-6-9(16)8-10)12-13(20)18(2)15(22)19(3)14(12)21/h5-8,20H,4,16H2,1-3H3. The second kappa shape index (κ2) is 5.88. The zero-order valence-corrected chi connectivity index (χ0v) is 12.7. The molecule has 0 amide bonds. The van der Waals surface area contributed by atoms with Crippen molar-refractivity contribution >= 4 is 17.1 Å². The molecule has 0 radical (unpaired) electrons. The monoisotopic (exact) mass is 302 g/mol. The molecule has 116 valence electrons. The maximum absolute atomic E-state index is 12.3. The number of anilines is 1. The SMILES string of the molecule is CCC(=Nc1cccc(N)c1)c1c(O)n(C)c(=O)n(C)c1=O. The van der Waals surface area contributed by atoms with Gasteiger partial charge in [-0.1, -0.05) is 13.0 Å². The quantitative estimate of drug-likeness (QED) is 0.649. The van der Waals surface area contributed by atoms with Crippen molar-refractivity contribution in [3.05, 3.63) is 50.7 Å². The van der Waals surface area contributed by atoms with E-state index in [0.717, 1.165) is 9.13 Å². The summed E-state index contributed by atoms with van der Waals surface area (Å²) in [7, 11) is 2.76. The van der Waals surface area contributed by atoms with Gasteiger partial charge in [0.2, 0.25) is 5.88 Å². The van der Waals surface area contributed by atoms with Gasteiger partial charge in [-0.3, -0.25) is 18.9 Å². The van der Waals surface area contributed by atoms with E-state index in [2.05, 4.69) is 4.99 Å². The van der Waals surface area contributed by atoms with E-state index < -0.39 is 17.1 Å². The molecule has 0 spiro atoms. The average molecular weight is 302 g/mol. The van der Waals surface area contributed by atoms with Crippen LogP contribution in [0.1, 0.15) is 18.9 Å². The molecule has 0 aliphatic heterocycles. The lowest BCUT2D eigenvalue weighted by Crippen LogP contribution is -2.40. The van der Waals surface area contributed by atoms with E-state index in [1.807, 2.05) is 6.92 Å². The third-order valence-corrected chi connectivity index (χ3v) is 3.39. The van der Waals surface area contributed by atoms with Gasteiger partial charge in [-0.25, -0.2) is 4.79 Å². The Morgan fingerprint density at radius 1 is 1.27 bits per heavy atom. The largest absolute Gasteiger partial charge is 0.494 e. The molecule has 0 saturated heterocycles. The van der Waals surface area contributed by atoms with Crippen LogP contribution in [0.4, 0.5) is 11.4 Å². The van der Waals surface area contributed by atoms with Gasteiger partial charge in [0.25, 0.3) is 5.56 Å². The maximum Gasteiger partial charge on any atom is 0.333 e. The van der Waals surface area contributed by atoms with E-state index in [9.17, 15) is 14.7 Å². The van der Waals surface area contributed by atoms with E-state index in [0.29, 0.717) is 23.5 Å². The molecular weight excluding hydrogens is 284 g/mol. The Hall–Kier alpha value is -2.83. The van der Waals surface area contributed by atoms with E-state index in [1.54, 1.807) is 24.3 Å². The molecule has 0 fully saturated rings. The number of aromatic nitrogens is 2. The fourth-order valence-corrected chi connectivity index (χ4v) is 2.15. The second-order valence-corrected chi connectivity index (χ2v) is 4.91. The molecule has 0 unspecified atom stereocenters. The van der Waals surface area contributed by atoms with Crippen molar-refractivity contribution in [2.45, 2.75) is 13.3 Å². The molecule has 1 aromatic heterocycles. The molecule has 0 bridgehead atoms. The van der Waals surface area contributed by atoms with Crippen molar-refractivity contribution in [1.82, 2.24) is 9.13 Å². The van der Waals surface area contributed by atoms with Gasteiger partial charge >= 0.3 is 5.69 Å². The van der Waals surface area contributed by atoms with Crippen LogP contribution < -0.4 is 17.0 Å². The molecule has 2 aromatic rings. The van der Waals surface area contributed by atoms with Gasteiger partial charge in [0.15, 0.2) is 0 Å². The molecule has 7 heteroatoms. The summed E-state index contributed by atoms with van der Waals surface area (Å²) in [5, 5.41) is 10.2. The molecule has 0 aliphatic carbocycles. The predicted molar refractivity (Wildman–Crippen MR) is 85.9 cm³/mol. The third-order valence-electron chi connectivity index (χ3n) is 3.39. The van der Waals surface area contributed by atoms with Crippen molar-refractivity contribution < 1.29 is 5.11 Å². The minimum absolute atomic E-state index is 0.0227. The Morgan fingerprint density at radius 3 is 2.55 bits per heavy atom. The molecule has 0 atom stereocenters. The molecule has 2 rings (SSSR count). The maximum atomic E-state index is 12.3. The first-order valence-electron chi connectivity index (χ1n) is 6.79. The van der Waals surface area contributed by atoms with Crippen LogP contribution >= 0.6 is 0 Å². The highest BCUT2D eigenvalue weighted by molar-refractivity contribution is 6.03. The number of hydrogen-bond donors (Lipinski definition) is 2. The summed E-state index contributed by atoms with van der Waals surface area (Å²) in [4.78, 5) is 28.5. The zero-order chi connectivity index (χ0) is 16.4. The molecule has 22 heavy (non-hydrogen) atoms. The van der Waals surface area contributed by atoms with Crippen molar-refractivity contribution in [2.24, 2.45) is 19.1 Å². The van der Waals surface area contributed by atoms with Gasteiger partial charge in [-0.2, -0.15) is 0 Å². The van der Waals surface area contributed by atoms with Gasteiger partial charge in [-0.05, 0) is 24.6 Å². The lowest BCUT2D eigenvalue weighted by atomic mass is 10.1. The summed E-state index contributed by atoms with van der Waals surface area (Å²) in [6, 6.07) is 6.89. The molecule has 0 aliphatic rings. The summed E-state index contributed by atoms with van der Waals surface area (Å²) in [6.45, 7) is 1.81. The fourth-order valence-electron chi connectivity index (χ4n) is 2.15. The minimum atomic E-state index is -0.592. The molecule has 1 aromatic carbocycles. The van der Waals surface area contributed by atoms with Crippen LogP contribution in [0.2, 0.25) is 0 Å². The smallest absolute Gasteiger partial charge is 0.333 e. The number of aliphatic imine (C=N–C) groups is 1. The van der Waals surface area contributed by atoms with Crippen LogP contribution in [0.3, 0.4) is 0 Å². The number of nitrogen functional groups attached to an aromatic ring is 1. The Kier molecular flexibility index (Phi) is 4.16. The second-order valence-electron chi connectivity index (χ2n) is 4.91. The summed E-state index contributed by atoms with van der Waals surface area (Å²) >= 11 is 0. The number of hydrogen-bond acceptors (Lipinski definition) is 5. The Bertz CT molecular complexity index is 862. The van der Waals surface area contributed by atoms with E-state index in [-0.39, 0.29) is 5.56 Å². The van der Waals surface area contributed by atoms with Crippen LogP contribution in [-0.2, 0) is 14.1 Å². The first-order valence-corrected chi connectivity index (χ1v) is 6.79. The molecular formula is C15H18N4O3. The van der Waals surface area contributed by atoms with Crippen molar-refractivity contribution in [3.8, 4) is 5.88 Å². The number of benzene rings is 1. The summed E-state index contributed by atoms with van der Waals surface area (Å²) in [6.07, 6.45) is 0.413. The van der Waals surface area contributed by atoms with Crippen LogP contribution in [-0.4, -0.2) is 20.0 Å². The summed E-state index contributed by atoms with van der Waals surface area (Å²) in [5.41, 5.74) is 6.08. The first kappa shape index (κ1) is 15.6. The Labute approximate surface area is 127 Å². The van der Waals surface area contributed by atoms with Crippen LogP contribution in [0.25, 0.3) is 0 Å². The highest BCUT2D eigenvalue weighted by Gasteiger charge is 2.19. The lowest BCUT2D eigenvalue weighted by Gasteiger charge is -2.11. The Balaban J connectivity index is 2.73. The number of rotatable bonds is 3. The van der Waals surface area contributed by atoms with E-state index >= 15 is 0 Å². The number of nitrogens with zero attached hydrogens (tertiary/aromatic N) is 3. The minimum Gasteiger partial charge on any atom is -0.494 e. The molecule has 0 saturated carbocycles. The highest BCUT2D eigenvalue weighted by atomic mass is 16.3. The summed E-state index contributed by atoms with van der Waals surface area (Å²) in [5.74, 6) is -0.391.